The van der Waals surface area contributed by atoms with E-state index < -0.39 is 5.97 Å². The first-order chi connectivity index (χ1) is 17.0. The molecule has 0 atom stereocenters. The van der Waals surface area contributed by atoms with Crippen molar-refractivity contribution in [1.29, 1.82) is 0 Å². The Morgan fingerprint density at radius 3 is 2.23 bits per heavy atom. The van der Waals surface area contributed by atoms with Crippen molar-refractivity contribution in [3.8, 4) is 0 Å². The number of ether oxygens (including phenoxy) is 1. The van der Waals surface area contributed by atoms with Gasteiger partial charge in [-0.2, -0.15) is 0 Å². The fourth-order valence-electron chi connectivity index (χ4n) is 4.15. The molecule has 0 aromatic heterocycles. The molecule has 1 aliphatic heterocycles. The molecule has 7 heteroatoms. The van der Waals surface area contributed by atoms with Gasteiger partial charge in [0.2, 0.25) is 0 Å². The fraction of sp³-hybridized carbons (Fsp3) is 0.250. The van der Waals surface area contributed by atoms with E-state index in [1.807, 2.05) is 66.4 Å². The summed E-state index contributed by atoms with van der Waals surface area (Å²) < 4.78 is 5.15. The van der Waals surface area contributed by atoms with E-state index in [4.69, 9.17) is 4.74 Å². The minimum absolute atomic E-state index is 0.0101. The molecule has 1 aliphatic rings. The zero-order valence-electron chi connectivity index (χ0n) is 20.0. The van der Waals surface area contributed by atoms with Crippen LogP contribution in [0.5, 0.6) is 0 Å². The van der Waals surface area contributed by atoms with E-state index in [-0.39, 0.29) is 18.4 Å². The third-order valence-electron chi connectivity index (χ3n) is 5.96. The number of piperazine rings is 1. The van der Waals surface area contributed by atoms with E-state index in [9.17, 15) is 14.4 Å². The smallest absolute Gasteiger partial charge is 0.338 e. The Labute approximate surface area is 205 Å². The first kappa shape index (κ1) is 24.0. The summed E-state index contributed by atoms with van der Waals surface area (Å²) in [6, 6.07) is 21.8. The van der Waals surface area contributed by atoms with Gasteiger partial charge in [0.15, 0.2) is 0 Å². The molecule has 1 fully saturated rings. The number of rotatable bonds is 6. The largest absolute Gasteiger partial charge is 0.462 e. The lowest BCUT2D eigenvalue weighted by atomic mass is 10.1. The highest BCUT2D eigenvalue weighted by molar-refractivity contribution is 6.07. The van der Waals surface area contributed by atoms with Gasteiger partial charge in [0.05, 0.1) is 23.5 Å². The number of aryl methyl sites for hydroxylation is 1. The molecule has 2 amide bonds. The molecular weight excluding hydrogens is 442 g/mol. The maximum atomic E-state index is 13.0. The second-order valence-electron chi connectivity index (χ2n) is 8.42. The van der Waals surface area contributed by atoms with E-state index in [0.717, 1.165) is 11.3 Å². The van der Waals surface area contributed by atoms with Crippen LogP contribution in [-0.4, -0.2) is 55.5 Å². The molecule has 7 nitrogen and oxygen atoms in total. The molecule has 3 aromatic rings. The van der Waals surface area contributed by atoms with Crippen molar-refractivity contribution in [2.75, 3.05) is 43.0 Å². The highest BCUT2D eigenvalue weighted by Crippen LogP contribution is 2.29. The molecule has 4 rings (SSSR count). The Balaban J connectivity index is 1.55. The summed E-state index contributed by atoms with van der Waals surface area (Å²) in [7, 11) is 0. The molecule has 0 spiro atoms. The Morgan fingerprint density at radius 2 is 1.54 bits per heavy atom. The van der Waals surface area contributed by atoms with Gasteiger partial charge in [-0.1, -0.05) is 35.9 Å². The standard InChI is InChI=1S/C28H29N3O4/c1-3-35-28(34)23-12-13-25(24(19-23)29-26(32)22-11-7-8-20(2)18-22)30-14-16-31(17-15-30)27(33)21-9-5-4-6-10-21/h4-13,18-19H,3,14-17H2,1-2H3,(H,29,32). The SMILES string of the molecule is CCOC(=O)c1ccc(N2CCN(C(=O)c3ccccc3)CC2)c(NC(=O)c2cccc(C)c2)c1. The number of carbonyl (C=O) groups excluding carboxylic acids is 3. The summed E-state index contributed by atoms with van der Waals surface area (Å²) in [5, 5.41) is 2.98. The van der Waals surface area contributed by atoms with Crippen LogP contribution in [0.15, 0.2) is 72.8 Å². The first-order valence-electron chi connectivity index (χ1n) is 11.7. The summed E-state index contributed by atoms with van der Waals surface area (Å²) in [6.45, 7) is 6.26. The van der Waals surface area contributed by atoms with Gasteiger partial charge in [0.1, 0.15) is 0 Å². The maximum absolute atomic E-state index is 13.0. The minimum Gasteiger partial charge on any atom is -0.462 e. The third kappa shape index (κ3) is 5.69. The highest BCUT2D eigenvalue weighted by Gasteiger charge is 2.25. The Kier molecular flexibility index (Phi) is 7.45. The highest BCUT2D eigenvalue weighted by atomic mass is 16.5. The van der Waals surface area contributed by atoms with Crippen molar-refractivity contribution in [3.63, 3.8) is 0 Å². The van der Waals surface area contributed by atoms with Crippen LogP contribution in [0.25, 0.3) is 0 Å². The van der Waals surface area contributed by atoms with Crippen molar-refractivity contribution in [2.24, 2.45) is 0 Å². The van der Waals surface area contributed by atoms with Gasteiger partial charge in [-0.25, -0.2) is 4.79 Å². The zero-order valence-corrected chi connectivity index (χ0v) is 20.0. The monoisotopic (exact) mass is 471 g/mol. The van der Waals surface area contributed by atoms with Crippen molar-refractivity contribution in [1.82, 2.24) is 4.90 Å². The molecule has 35 heavy (non-hydrogen) atoms. The summed E-state index contributed by atoms with van der Waals surface area (Å²) in [4.78, 5) is 42.1. The Bertz CT molecular complexity index is 1220. The van der Waals surface area contributed by atoms with Crippen molar-refractivity contribution in [3.05, 3.63) is 95.1 Å². The predicted molar refractivity (Wildman–Crippen MR) is 136 cm³/mol. The Hall–Kier alpha value is -4.13. The minimum atomic E-state index is -0.441. The van der Waals surface area contributed by atoms with Crippen LogP contribution in [0.1, 0.15) is 43.6 Å². The molecular formula is C28H29N3O4. The summed E-state index contributed by atoms with van der Waals surface area (Å²) in [5.74, 6) is -0.687. The second kappa shape index (κ2) is 10.9. The van der Waals surface area contributed by atoms with E-state index in [0.29, 0.717) is 48.6 Å². The third-order valence-corrected chi connectivity index (χ3v) is 5.96. The van der Waals surface area contributed by atoms with Gasteiger partial charge in [0.25, 0.3) is 11.8 Å². The molecule has 0 saturated carbocycles. The van der Waals surface area contributed by atoms with Crippen LogP contribution in [0.3, 0.4) is 0 Å². The number of amides is 2. The first-order valence-corrected chi connectivity index (χ1v) is 11.7. The second-order valence-corrected chi connectivity index (χ2v) is 8.42. The van der Waals surface area contributed by atoms with Crippen molar-refractivity contribution >= 4 is 29.2 Å². The lowest BCUT2D eigenvalue weighted by molar-refractivity contribution is 0.0526. The van der Waals surface area contributed by atoms with Crippen LogP contribution in [0.2, 0.25) is 0 Å². The number of hydrogen-bond acceptors (Lipinski definition) is 5. The fourth-order valence-corrected chi connectivity index (χ4v) is 4.15. The van der Waals surface area contributed by atoms with Crippen LogP contribution in [0.4, 0.5) is 11.4 Å². The molecule has 180 valence electrons. The van der Waals surface area contributed by atoms with Crippen molar-refractivity contribution in [2.45, 2.75) is 13.8 Å². The van der Waals surface area contributed by atoms with E-state index >= 15 is 0 Å². The number of nitrogens with zero attached hydrogens (tertiary/aromatic N) is 2. The number of carbonyl (C=O) groups is 3. The van der Waals surface area contributed by atoms with Gasteiger partial charge in [-0.3, -0.25) is 9.59 Å². The zero-order chi connectivity index (χ0) is 24.8. The quantitative estimate of drug-likeness (QED) is 0.540. The average Bonchev–Trinajstić information content (AvgIpc) is 2.89. The van der Waals surface area contributed by atoms with Gasteiger partial charge in [-0.05, 0) is 56.3 Å². The molecule has 3 aromatic carbocycles. The van der Waals surface area contributed by atoms with E-state index in [1.165, 1.54) is 0 Å². The van der Waals surface area contributed by atoms with Gasteiger partial charge in [0, 0.05) is 37.3 Å². The van der Waals surface area contributed by atoms with Crippen LogP contribution >= 0.6 is 0 Å². The lowest BCUT2D eigenvalue weighted by Crippen LogP contribution is -2.49. The number of anilines is 2. The van der Waals surface area contributed by atoms with Crippen LogP contribution < -0.4 is 10.2 Å². The van der Waals surface area contributed by atoms with Gasteiger partial charge >= 0.3 is 5.97 Å². The van der Waals surface area contributed by atoms with E-state index in [2.05, 4.69) is 10.2 Å². The predicted octanol–water partition coefficient (Wildman–Crippen LogP) is 4.39. The lowest BCUT2D eigenvalue weighted by Gasteiger charge is -2.37. The number of hydrogen-bond donors (Lipinski definition) is 1. The van der Waals surface area contributed by atoms with Gasteiger partial charge in [-0.15, -0.1) is 0 Å². The molecule has 1 heterocycles. The molecule has 1 saturated heterocycles. The van der Waals surface area contributed by atoms with Gasteiger partial charge < -0.3 is 19.9 Å². The number of benzene rings is 3. The molecule has 1 N–H and O–H groups in total. The number of nitrogens with one attached hydrogen (secondary N) is 1. The maximum Gasteiger partial charge on any atom is 0.338 e. The molecule has 0 radical (unpaired) electrons. The summed E-state index contributed by atoms with van der Waals surface area (Å²) >= 11 is 0. The normalized spacial score (nSPS) is 13.3. The average molecular weight is 472 g/mol. The van der Waals surface area contributed by atoms with E-state index in [1.54, 1.807) is 25.1 Å². The summed E-state index contributed by atoms with van der Waals surface area (Å²) in [5.41, 5.74) is 3.89. The Morgan fingerprint density at radius 1 is 0.829 bits per heavy atom. The molecule has 0 unspecified atom stereocenters. The van der Waals surface area contributed by atoms with Crippen LogP contribution in [-0.2, 0) is 4.74 Å². The van der Waals surface area contributed by atoms with Crippen molar-refractivity contribution < 1.29 is 19.1 Å². The number of esters is 1. The molecule has 0 aliphatic carbocycles. The van der Waals surface area contributed by atoms with Crippen LogP contribution in [0, 0.1) is 6.92 Å². The topological polar surface area (TPSA) is 79.0 Å². The molecule has 0 bridgehead atoms. The summed E-state index contributed by atoms with van der Waals surface area (Å²) in [6.07, 6.45) is 0.